The van der Waals surface area contributed by atoms with Gasteiger partial charge in [0.1, 0.15) is 5.69 Å². The molecule has 0 unspecified atom stereocenters. The second-order valence-electron chi connectivity index (χ2n) is 3.04. The highest BCUT2D eigenvalue weighted by Crippen LogP contribution is 1.94. The number of hydrogen-bond donors (Lipinski definition) is 1. The van der Waals surface area contributed by atoms with E-state index < -0.39 is 0 Å². The Kier molecular flexibility index (Phi) is 4.07. The van der Waals surface area contributed by atoms with Crippen LogP contribution in [0.1, 0.15) is 17.4 Å². The van der Waals surface area contributed by atoms with Crippen LogP contribution in [0.5, 0.6) is 0 Å². The smallest absolute Gasteiger partial charge is 0.270 e. The molecule has 1 atom stereocenters. The first-order chi connectivity index (χ1) is 6.74. The van der Waals surface area contributed by atoms with E-state index in [0.29, 0.717) is 12.3 Å². The Labute approximate surface area is 83.3 Å². The number of rotatable bonds is 4. The molecule has 1 heterocycles. The highest BCUT2D eigenvalue weighted by Gasteiger charge is 2.09. The van der Waals surface area contributed by atoms with Crippen molar-refractivity contribution in [1.29, 1.82) is 0 Å². The van der Waals surface area contributed by atoms with E-state index in [0.717, 1.165) is 0 Å². The molecule has 0 spiro atoms. The van der Waals surface area contributed by atoms with E-state index >= 15 is 0 Å². The maximum absolute atomic E-state index is 11.5. The van der Waals surface area contributed by atoms with Crippen molar-refractivity contribution >= 4 is 5.91 Å². The predicted molar refractivity (Wildman–Crippen MR) is 53.0 cm³/mol. The molecule has 1 aromatic heterocycles. The Hall–Kier alpha value is -1.42. The van der Waals surface area contributed by atoms with Crippen LogP contribution in [0.15, 0.2) is 24.4 Å². The van der Waals surface area contributed by atoms with E-state index in [1.807, 2.05) is 6.92 Å². The average Bonchev–Trinajstić information content (AvgIpc) is 2.19. The van der Waals surface area contributed by atoms with E-state index in [1.165, 1.54) is 0 Å². The normalized spacial score (nSPS) is 12.1. The van der Waals surface area contributed by atoms with Crippen molar-refractivity contribution in [3.05, 3.63) is 30.1 Å². The maximum atomic E-state index is 11.5. The van der Waals surface area contributed by atoms with Gasteiger partial charge in [0.25, 0.3) is 5.91 Å². The standard InChI is InChI=1S/C10H14N2O2/c1-8(7-14-2)12-10(13)9-5-3-4-6-11-9/h3-6,8H,7H2,1-2H3,(H,12,13)/t8-/m0/s1. The molecule has 0 aromatic carbocycles. The summed E-state index contributed by atoms with van der Waals surface area (Å²) in [4.78, 5) is 15.4. The zero-order chi connectivity index (χ0) is 10.4. The summed E-state index contributed by atoms with van der Waals surface area (Å²) in [6.07, 6.45) is 1.59. The highest BCUT2D eigenvalue weighted by atomic mass is 16.5. The van der Waals surface area contributed by atoms with Crippen LogP contribution in [-0.2, 0) is 4.74 Å². The molecule has 4 nitrogen and oxygen atoms in total. The average molecular weight is 194 g/mol. The molecule has 4 heteroatoms. The maximum Gasteiger partial charge on any atom is 0.270 e. The van der Waals surface area contributed by atoms with Crippen LogP contribution in [0.4, 0.5) is 0 Å². The highest BCUT2D eigenvalue weighted by molar-refractivity contribution is 5.92. The first kappa shape index (κ1) is 10.7. The molecule has 0 fully saturated rings. The molecule has 1 amide bonds. The molecule has 14 heavy (non-hydrogen) atoms. The molecule has 0 aliphatic carbocycles. The lowest BCUT2D eigenvalue weighted by Crippen LogP contribution is -2.35. The van der Waals surface area contributed by atoms with E-state index in [2.05, 4.69) is 10.3 Å². The lowest BCUT2D eigenvalue weighted by Gasteiger charge is -2.11. The van der Waals surface area contributed by atoms with Crippen LogP contribution in [0, 0.1) is 0 Å². The summed E-state index contributed by atoms with van der Waals surface area (Å²) in [5.74, 6) is -0.171. The number of aromatic nitrogens is 1. The molecule has 0 radical (unpaired) electrons. The molecule has 0 saturated heterocycles. The first-order valence-corrected chi connectivity index (χ1v) is 4.45. The van der Waals surface area contributed by atoms with Gasteiger partial charge in [0.2, 0.25) is 0 Å². The molecule has 0 saturated carbocycles. The van der Waals surface area contributed by atoms with E-state index in [-0.39, 0.29) is 11.9 Å². The van der Waals surface area contributed by atoms with Crippen LogP contribution in [0.2, 0.25) is 0 Å². The van der Waals surface area contributed by atoms with Crippen molar-refractivity contribution in [3.8, 4) is 0 Å². The van der Waals surface area contributed by atoms with Crippen molar-refractivity contribution in [1.82, 2.24) is 10.3 Å². The fourth-order valence-electron chi connectivity index (χ4n) is 1.09. The molecule has 0 aliphatic heterocycles. The number of pyridine rings is 1. The summed E-state index contributed by atoms with van der Waals surface area (Å²) in [6, 6.07) is 5.22. The van der Waals surface area contributed by atoms with Gasteiger partial charge in [-0.05, 0) is 19.1 Å². The minimum Gasteiger partial charge on any atom is -0.383 e. The van der Waals surface area contributed by atoms with Crippen molar-refractivity contribution in [3.63, 3.8) is 0 Å². The largest absolute Gasteiger partial charge is 0.383 e. The molecule has 76 valence electrons. The summed E-state index contributed by atoms with van der Waals surface area (Å²) in [5, 5.41) is 2.77. The molecule has 0 aliphatic rings. The molecular weight excluding hydrogens is 180 g/mol. The zero-order valence-corrected chi connectivity index (χ0v) is 8.36. The van der Waals surface area contributed by atoms with E-state index in [4.69, 9.17) is 4.74 Å². The number of nitrogens with zero attached hydrogens (tertiary/aromatic N) is 1. The van der Waals surface area contributed by atoms with Crippen LogP contribution < -0.4 is 5.32 Å². The fourth-order valence-corrected chi connectivity index (χ4v) is 1.09. The van der Waals surface area contributed by atoms with Crippen LogP contribution in [-0.4, -0.2) is 30.6 Å². The summed E-state index contributed by atoms with van der Waals surface area (Å²) in [7, 11) is 1.60. The topological polar surface area (TPSA) is 51.2 Å². The molecule has 1 N–H and O–H groups in total. The van der Waals surface area contributed by atoms with Gasteiger partial charge in [-0.3, -0.25) is 9.78 Å². The molecular formula is C10H14N2O2. The fraction of sp³-hybridized carbons (Fsp3) is 0.400. The monoisotopic (exact) mass is 194 g/mol. The third kappa shape index (κ3) is 3.14. The minimum atomic E-state index is -0.171. The molecule has 0 bridgehead atoms. The number of amides is 1. The van der Waals surface area contributed by atoms with Gasteiger partial charge in [0, 0.05) is 19.3 Å². The van der Waals surface area contributed by atoms with Crippen molar-refractivity contribution in [2.45, 2.75) is 13.0 Å². The Morgan fingerprint density at radius 2 is 2.43 bits per heavy atom. The zero-order valence-electron chi connectivity index (χ0n) is 8.36. The van der Waals surface area contributed by atoms with Gasteiger partial charge in [-0.2, -0.15) is 0 Å². The number of carbonyl (C=O) groups is 1. The predicted octanol–water partition coefficient (Wildman–Crippen LogP) is 0.846. The number of methoxy groups -OCH3 is 1. The Morgan fingerprint density at radius 3 is 3.00 bits per heavy atom. The summed E-state index contributed by atoms with van der Waals surface area (Å²) < 4.78 is 4.91. The SMILES string of the molecule is COC[C@H](C)NC(=O)c1ccccn1. The van der Waals surface area contributed by atoms with Crippen molar-refractivity contribution < 1.29 is 9.53 Å². The third-order valence-electron chi connectivity index (χ3n) is 1.69. The number of nitrogens with one attached hydrogen (secondary N) is 1. The number of carbonyl (C=O) groups excluding carboxylic acids is 1. The van der Waals surface area contributed by atoms with E-state index in [1.54, 1.807) is 31.5 Å². The van der Waals surface area contributed by atoms with Gasteiger partial charge in [-0.15, -0.1) is 0 Å². The van der Waals surface area contributed by atoms with Gasteiger partial charge in [-0.1, -0.05) is 6.07 Å². The minimum absolute atomic E-state index is 0.00509. The summed E-state index contributed by atoms with van der Waals surface area (Å²) in [5.41, 5.74) is 0.426. The summed E-state index contributed by atoms with van der Waals surface area (Å²) >= 11 is 0. The third-order valence-corrected chi connectivity index (χ3v) is 1.69. The quantitative estimate of drug-likeness (QED) is 0.773. The second kappa shape index (κ2) is 5.34. The number of hydrogen-bond acceptors (Lipinski definition) is 3. The van der Waals surface area contributed by atoms with Gasteiger partial charge < -0.3 is 10.1 Å². The van der Waals surface area contributed by atoms with Gasteiger partial charge in [-0.25, -0.2) is 0 Å². The Bertz CT molecular complexity index is 287. The first-order valence-electron chi connectivity index (χ1n) is 4.45. The van der Waals surface area contributed by atoms with Gasteiger partial charge in [0.15, 0.2) is 0 Å². The molecule has 1 aromatic rings. The Morgan fingerprint density at radius 1 is 1.64 bits per heavy atom. The lowest BCUT2D eigenvalue weighted by atomic mass is 10.3. The van der Waals surface area contributed by atoms with Crippen LogP contribution in [0.3, 0.4) is 0 Å². The van der Waals surface area contributed by atoms with Crippen molar-refractivity contribution in [2.75, 3.05) is 13.7 Å². The molecule has 1 rings (SSSR count). The lowest BCUT2D eigenvalue weighted by molar-refractivity contribution is 0.0900. The van der Waals surface area contributed by atoms with E-state index in [9.17, 15) is 4.79 Å². The van der Waals surface area contributed by atoms with Crippen molar-refractivity contribution in [2.24, 2.45) is 0 Å². The van der Waals surface area contributed by atoms with Gasteiger partial charge >= 0.3 is 0 Å². The Balaban J connectivity index is 2.51. The summed E-state index contributed by atoms with van der Waals surface area (Å²) in [6.45, 7) is 2.38. The van der Waals surface area contributed by atoms with Crippen LogP contribution in [0.25, 0.3) is 0 Å². The second-order valence-corrected chi connectivity index (χ2v) is 3.04. The van der Waals surface area contributed by atoms with Crippen LogP contribution >= 0.6 is 0 Å². The van der Waals surface area contributed by atoms with Gasteiger partial charge in [0.05, 0.1) is 6.61 Å². The number of ether oxygens (including phenoxy) is 1.